The molecule has 0 radical (unpaired) electrons. The number of likely N-dealkylation sites (tertiary alicyclic amines) is 1. The molecule has 1 saturated heterocycles. The second kappa shape index (κ2) is 9.15. The van der Waals surface area contributed by atoms with Gasteiger partial charge in [-0.2, -0.15) is 0 Å². The lowest BCUT2D eigenvalue weighted by molar-refractivity contribution is -0.140. The summed E-state index contributed by atoms with van der Waals surface area (Å²) in [4.78, 5) is 38.9. The Kier molecular flexibility index (Phi) is 6.29. The molecular formula is C25H29N5O3. The predicted molar refractivity (Wildman–Crippen MR) is 126 cm³/mol. The summed E-state index contributed by atoms with van der Waals surface area (Å²) < 4.78 is 1.87. The van der Waals surface area contributed by atoms with Gasteiger partial charge in [0.05, 0.1) is 17.3 Å². The molecule has 1 aliphatic rings. The molecule has 4 heterocycles. The highest BCUT2D eigenvalue weighted by Gasteiger charge is 2.46. The fourth-order valence-corrected chi connectivity index (χ4v) is 4.46. The lowest BCUT2D eigenvalue weighted by atomic mass is 9.97. The van der Waals surface area contributed by atoms with Crippen molar-refractivity contribution in [1.29, 1.82) is 0 Å². The number of hydrogen-bond donors (Lipinski definition) is 1. The van der Waals surface area contributed by atoms with Crippen molar-refractivity contribution in [2.24, 2.45) is 0 Å². The van der Waals surface area contributed by atoms with Gasteiger partial charge in [0.1, 0.15) is 11.3 Å². The Labute approximate surface area is 193 Å². The van der Waals surface area contributed by atoms with Crippen LogP contribution in [-0.2, 0) is 9.59 Å². The van der Waals surface area contributed by atoms with Crippen molar-refractivity contribution in [3.63, 3.8) is 0 Å². The van der Waals surface area contributed by atoms with Gasteiger partial charge in [-0.3, -0.25) is 14.6 Å². The van der Waals surface area contributed by atoms with E-state index in [9.17, 15) is 14.7 Å². The molecule has 1 amide bonds. The number of aryl methyl sites for hydroxylation is 2. The van der Waals surface area contributed by atoms with E-state index in [-0.39, 0.29) is 11.3 Å². The number of carbonyl (C=O) groups excluding carboxylic acids is 2. The van der Waals surface area contributed by atoms with Crippen LogP contribution in [0.15, 0.2) is 48.4 Å². The molecule has 0 aromatic carbocycles. The van der Waals surface area contributed by atoms with Crippen LogP contribution in [0, 0.1) is 13.8 Å². The zero-order chi connectivity index (χ0) is 23.7. The van der Waals surface area contributed by atoms with Crippen LogP contribution >= 0.6 is 0 Å². The number of Topliss-reactive ketones (excluding diaryl/α,β-unsaturated/α-hetero) is 1. The number of aliphatic hydroxyl groups is 1. The number of imidazole rings is 1. The van der Waals surface area contributed by atoms with Crippen LogP contribution in [-0.4, -0.2) is 67.1 Å². The van der Waals surface area contributed by atoms with Crippen molar-refractivity contribution in [2.45, 2.75) is 33.7 Å². The lowest BCUT2D eigenvalue weighted by Gasteiger charge is -2.27. The van der Waals surface area contributed by atoms with Gasteiger partial charge in [-0.05, 0) is 50.2 Å². The fraction of sp³-hybridized carbons (Fsp3) is 0.360. The molecule has 1 fully saturated rings. The van der Waals surface area contributed by atoms with E-state index in [4.69, 9.17) is 0 Å². The summed E-state index contributed by atoms with van der Waals surface area (Å²) in [5.41, 5.74) is 3.38. The van der Waals surface area contributed by atoms with Crippen molar-refractivity contribution >= 4 is 23.1 Å². The molecule has 3 aromatic heterocycles. The van der Waals surface area contributed by atoms with E-state index < -0.39 is 17.7 Å². The molecule has 8 nitrogen and oxygen atoms in total. The SMILES string of the molecule is CCN(CC)CCN1C(=O)C(=O)/C(=C(/O)c2nc3c(C)cccn3c2C)C1c1cccnc1. The number of ketones is 1. The molecular weight excluding hydrogens is 418 g/mol. The molecule has 3 aromatic rings. The van der Waals surface area contributed by atoms with Gasteiger partial charge in [0.2, 0.25) is 0 Å². The van der Waals surface area contributed by atoms with E-state index in [0.717, 1.165) is 18.7 Å². The Morgan fingerprint density at radius 2 is 1.91 bits per heavy atom. The standard InChI is InChI=1S/C25H29N5O3/c1-5-28(6-2)13-14-30-21(18-10-7-11-26-15-18)19(23(32)25(30)33)22(31)20-17(4)29-12-8-9-16(3)24(29)27-20/h7-12,15,21,31H,5-6,13-14H2,1-4H3/b22-19+. The van der Waals surface area contributed by atoms with Crippen LogP contribution in [0.1, 0.15) is 42.4 Å². The molecule has 33 heavy (non-hydrogen) atoms. The maximum Gasteiger partial charge on any atom is 0.295 e. The monoisotopic (exact) mass is 447 g/mol. The van der Waals surface area contributed by atoms with Gasteiger partial charge in [0.15, 0.2) is 5.76 Å². The normalized spacial score (nSPS) is 18.1. The van der Waals surface area contributed by atoms with Gasteiger partial charge in [0.25, 0.3) is 11.7 Å². The molecule has 0 spiro atoms. The molecule has 0 bridgehead atoms. The molecule has 0 saturated carbocycles. The van der Waals surface area contributed by atoms with Crippen molar-refractivity contribution in [1.82, 2.24) is 24.2 Å². The van der Waals surface area contributed by atoms with Crippen LogP contribution in [0.4, 0.5) is 0 Å². The first-order valence-corrected chi connectivity index (χ1v) is 11.2. The zero-order valence-electron chi connectivity index (χ0n) is 19.4. The van der Waals surface area contributed by atoms with E-state index in [1.807, 2.05) is 42.6 Å². The average Bonchev–Trinajstić information content (AvgIpc) is 3.30. The van der Waals surface area contributed by atoms with Crippen molar-refractivity contribution in [3.05, 3.63) is 70.9 Å². The summed E-state index contributed by atoms with van der Waals surface area (Å²) in [7, 11) is 0. The molecule has 1 aliphatic heterocycles. The molecule has 172 valence electrons. The van der Waals surface area contributed by atoms with Gasteiger partial charge in [-0.25, -0.2) is 4.98 Å². The Bertz CT molecular complexity index is 1230. The number of likely N-dealkylation sites (N-methyl/N-ethyl adjacent to an activating group) is 1. The second-order valence-corrected chi connectivity index (χ2v) is 8.24. The number of hydrogen-bond acceptors (Lipinski definition) is 6. The van der Waals surface area contributed by atoms with Crippen LogP contribution in [0.5, 0.6) is 0 Å². The van der Waals surface area contributed by atoms with Gasteiger partial charge >= 0.3 is 0 Å². The largest absolute Gasteiger partial charge is 0.505 e. The minimum Gasteiger partial charge on any atom is -0.505 e. The Morgan fingerprint density at radius 3 is 2.55 bits per heavy atom. The van der Waals surface area contributed by atoms with Crippen LogP contribution in [0.2, 0.25) is 0 Å². The number of fused-ring (bicyclic) bond motifs is 1. The van der Waals surface area contributed by atoms with E-state index >= 15 is 0 Å². The third-order valence-corrected chi connectivity index (χ3v) is 6.40. The fourth-order valence-electron chi connectivity index (χ4n) is 4.46. The Morgan fingerprint density at radius 1 is 1.15 bits per heavy atom. The first-order chi connectivity index (χ1) is 15.9. The maximum absolute atomic E-state index is 13.2. The first kappa shape index (κ1) is 22.7. The predicted octanol–water partition coefficient (Wildman–Crippen LogP) is 3.11. The van der Waals surface area contributed by atoms with Crippen LogP contribution in [0.3, 0.4) is 0 Å². The summed E-state index contributed by atoms with van der Waals surface area (Å²) in [6, 6.07) is 6.71. The van der Waals surface area contributed by atoms with Crippen LogP contribution in [0.25, 0.3) is 11.4 Å². The highest BCUT2D eigenvalue weighted by Crippen LogP contribution is 2.39. The Balaban J connectivity index is 1.86. The number of carbonyl (C=O) groups is 2. The maximum atomic E-state index is 13.2. The van der Waals surface area contributed by atoms with Crippen LogP contribution < -0.4 is 0 Å². The summed E-state index contributed by atoms with van der Waals surface area (Å²) in [6.45, 7) is 10.6. The number of amides is 1. The van der Waals surface area contributed by atoms with Crippen molar-refractivity contribution < 1.29 is 14.7 Å². The number of pyridine rings is 2. The topological polar surface area (TPSA) is 91.0 Å². The highest BCUT2D eigenvalue weighted by atomic mass is 16.3. The average molecular weight is 448 g/mol. The van der Waals surface area contributed by atoms with E-state index in [0.29, 0.717) is 35.7 Å². The van der Waals surface area contributed by atoms with Crippen molar-refractivity contribution in [2.75, 3.05) is 26.2 Å². The highest BCUT2D eigenvalue weighted by molar-refractivity contribution is 6.46. The quantitative estimate of drug-likeness (QED) is 0.340. The van der Waals surface area contributed by atoms with E-state index in [1.165, 1.54) is 0 Å². The molecule has 1 N–H and O–H groups in total. The molecule has 0 aliphatic carbocycles. The number of rotatable bonds is 7. The zero-order valence-corrected chi connectivity index (χ0v) is 19.4. The molecule has 4 rings (SSSR count). The summed E-state index contributed by atoms with van der Waals surface area (Å²) >= 11 is 0. The number of aliphatic hydroxyl groups excluding tert-OH is 1. The summed E-state index contributed by atoms with van der Waals surface area (Å²) in [5, 5.41) is 11.4. The minimum atomic E-state index is -0.723. The summed E-state index contributed by atoms with van der Waals surface area (Å²) in [6.07, 6.45) is 5.14. The van der Waals surface area contributed by atoms with Gasteiger partial charge in [-0.1, -0.05) is 26.0 Å². The smallest absolute Gasteiger partial charge is 0.295 e. The van der Waals surface area contributed by atoms with Gasteiger partial charge in [-0.15, -0.1) is 0 Å². The summed E-state index contributed by atoms with van der Waals surface area (Å²) in [5.74, 6) is -1.57. The van der Waals surface area contributed by atoms with Crippen molar-refractivity contribution in [3.8, 4) is 0 Å². The third-order valence-electron chi connectivity index (χ3n) is 6.40. The second-order valence-electron chi connectivity index (χ2n) is 8.24. The first-order valence-electron chi connectivity index (χ1n) is 11.2. The van der Waals surface area contributed by atoms with E-state index in [1.54, 1.807) is 23.4 Å². The molecule has 1 unspecified atom stereocenters. The van der Waals surface area contributed by atoms with Gasteiger partial charge in [0, 0.05) is 31.7 Å². The molecule has 1 atom stereocenters. The number of nitrogens with zero attached hydrogens (tertiary/aromatic N) is 5. The number of aromatic nitrogens is 3. The van der Waals surface area contributed by atoms with Gasteiger partial charge < -0.3 is 19.3 Å². The lowest BCUT2D eigenvalue weighted by Crippen LogP contribution is -2.38. The third kappa shape index (κ3) is 3.91. The molecule has 8 heteroatoms. The minimum absolute atomic E-state index is 0.0525. The Hall–Kier alpha value is -3.52. The van der Waals surface area contributed by atoms with E-state index in [2.05, 4.69) is 28.7 Å².